The van der Waals surface area contributed by atoms with Gasteiger partial charge in [-0.15, -0.1) is 11.8 Å². The van der Waals surface area contributed by atoms with Crippen molar-refractivity contribution in [2.45, 2.75) is 43.3 Å². The summed E-state index contributed by atoms with van der Waals surface area (Å²) in [5.74, 6) is 2.91. The van der Waals surface area contributed by atoms with Crippen LogP contribution < -0.4 is 5.73 Å². The molecule has 0 aliphatic heterocycles. The second kappa shape index (κ2) is 8.85. The number of nitrogens with two attached hydrogens (primary N) is 1. The van der Waals surface area contributed by atoms with Crippen LogP contribution in [0.5, 0.6) is 0 Å². The molecular formula is C16H23N3OS. The molecule has 1 unspecified atom stereocenters. The molecule has 0 bridgehead atoms. The molecular weight excluding hydrogens is 282 g/mol. The van der Waals surface area contributed by atoms with Crippen molar-refractivity contribution in [3.05, 3.63) is 42.0 Å². The molecule has 0 aliphatic rings. The molecule has 0 amide bonds. The third kappa shape index (κ3) is 5.52. The van der Waals surface area contributed by atoms with Crippen molar-refractivity contribution in [2.75, 3.05) is 6.54 Å². The lowest BCUT2D eigenvalue weighted by atomic mass is 9.97. The number of aryl methyl sites for hydroxylation is 1. The SMILES string of the molecule is CCC(CCN)CCc1nc(CSc2ccccc2)no1. The zero-order valence-corrected chi connectivity index (χ0v) is 13.3. The van der Waals surface area contributed by atoms with Crippen molar-refractivity contribution in [3.63, 3.8) is 0 Å². The van der Waals surface area contributed by atoms with E-state index in [-0.39, 0.29) is 0 Å². The minimum atomic E-state index is 0.657. The van der Waals surface area contributed by atoms with Gasteiger partial charge in [-0.2, -0.15) is 4.98 Å². The highest BCUT2D eigenvalue weighted by molar-refractivity contribution is 7.98. The van der Waals surface area contributed by atoms with Gasteiger partial charge in [-0.3, -0.25) is 0 Å². The summed E-state index contributed by atoms with van der Waals surface area (Å²) in [6, 6.07) is 10.3. The smallest absolute Gasteiger partial charge is 0.226 e. The Morgan fingerprint density at radius 3 is 2.76 bits per heavy atom. The van der Waals surface area contributed by atoms with Crippen LogP contribution in [0.15, 0.2) is 39.8 Å². The lowest BCUT2D eigenvalue weighted by Crippen LogP contribution is -2.09. The van der Waals surface area contributed by atoms with Gasteiger partial charge in [0.15, 0.2) is 5.82 Å². The molecule has 2 rings (SSSR count). The van der Waals surface area contributed by atoms with Gasteiger partial charge in [0.1, 0.15) is 0 Å². The third-order valence-electron chi connectivity index (χ3n) is 3.54. The van der Waals surface area contributed by atoms with Crippen LogP contribution in [0.1, 0.15) is 37.9 Å². The van der Waals surface area contributed by atoms with E-state index in [1.165, 1.54) is 4.90 Å². The summed E-state index contributed by atoms with van der Waals surface area (Å²) >= 11 is 1.72. The molecule has 1 atom stereocenters. The van der Waals surface area contributed by atoms with Crippen LogP contribution in [0.3, 0.4) is 0 Å². The lowest BCUT2D eigenvalue weighted by molar-refractivity contribution is 0.351. The van der Waals surface area contributed by atoms with Crippen molar-refractivity contribution in [3.8, 4) is 0 Å². The normalized spacial score (nSPS) is 12.5. The molecule has 2 N–H and O–H groups in total. The largest absolute Gasteiger partial charge is 0.339 e. The zero-order valence-electron chi connectivity index (χ0n) is 12.5. The predicted molar refractivity (Wildman–Crippen MR) is 86.1 cm³/mol. The van der Waals surface area contributed by atoms with Crippen molar-refractivity contribution in [1.82, 2.24) is 10.1 Å². The maximum atomic E-state index is 5.62. The van der Waals surface area contributed by atoms with Crippen molar-refractivity contribution >= 4 is 11.8 Å². The van der Waals surface area contributed by atoms with Gasteiger partial charge in [-0.05, 0) is 37.4 Å². The second-order valence-corrected chi connectivity index (χ2v) is 6.15. The number of benzene rings is 1. The van der Waals surface area contributed by atoms with Gasteiger partial charge in [0, 0.05) is 11.3 Å². The molecule has 0 saturated heterocycles. The zero-order chi connectivity index (χ0) is 14.9. The molecule has 114 valence electrons. The van der Waals surface area contributed by atoms with E-state index in [9.17, 15) is 0 Å². The number of thioether (sulfide) groups is 1. The molecule has 4 nitrogen and oxygen atoms in total. The Labute approximate surface area is 130 Å². The molecule has 0 aliphatic carbocycles. The Balaban J connectivity index is 1.78. The minimum Gasteiger partial charge on any atom is -0.339 e. The van der Waals surface area contributed by atoms with E-state index < -0.39 is 0 Å². The van der Waals surface area contributed by atoms with Gasteiger partial charge in [0.25, 0.3) is 0 Å². The monoisotopic (exact) mass is 305 g/mol. The maximum Gasteiger partial charge on any atom is 0.226 e. The topological polar surface area (TPSA) is 64.9 Å². The first-order chi connectivity index (χ1) is 10.3. The van der Waals surface area contributed by atoms with Crippen LogP contribution in [-0.4, -0.2) is 16.7 Å². The highest BCUT2D eigenvalue weighted by Gasteiger charge is 2.10. The predicted octanol–water partition coefficient (Wildman–Crippen LogP) is 3.67. The summed E-state index contributed by atoms with van der Waals surface area (Å²) in [4.78, 5) is 5.68. The molecule has 1 heterocycles. The fraction of sp³-hybridized carbons (Fsp3) is 0.500. The maximum absolute atomic E-state index is 5.62. The molecule has 2 aromatic rings. The molecule has 0 saturated carbocycles. The van der Waals surface area contributed by atoms with Crippen LogP contribution in [0.2, 0.25) is 0 Å². The van der Waals surface area contributed by atoms with E-state index in [4.69, 9.17) is 10.3 Å². The summed E-state index contributed by atoms with van der Waals surface area (Å²) in [5.41, 5.74) is 5.62. The Kier molecular flexibility index (Phi) is 6.76. The highest BCUT2D eigenvalue weighted by Crippen LogP contribution is 2.21. The van der Waals surface area contributed by atoms with E-state index in [1.807, 2.05) is 18.2 Å². The van der Waals surface area contributed by atoms with Crippen molar-refractivity contribution in [2.24, 2.45) is 11.7 Å². The van der Waals surface area contributed by atoms with Gasteiger partial charge in [-0.25, -0.2) is 0 Å². The summed E-state index contributed by atoms with van der Waals surface area (Å²) in [5, 5.41) is 4.05. The lowest BCUT2D eigenvalue weighted by Gasteiger charge is -2.11. The molecule has 1 aromatic carbocycles. The molecule has 1 aromatic heterocycles. The van der Waals surface area contributed by atoms with Gasteiger partial charge in [0.2, 0.25) is 5.89 Å². The van der Waals surface area contributed by atoms with Gasteiger partial charge < -0.3 is 10.3 Å². The van der Waals surface area contributed by atoms with Gasteiger partial charge in [-0.1, -0.05) is 36.7 Å². The highest BCUT2D eigenvalue weighted by atomic mass is 32.2. The average molecular weight is 305 g/mol. The second-order valence-electron chi connectivity index (χ2n) is 5.10. The van der Waals surface area contributed by atoms with Crippen LogP contribution in [0, 0.1) is 5.92 Å². The molecule has 0 spiro atoms. The van der Waals surface area contributed by atoms with E-state index in [1.54, 1.807) is 11.8 Å². The molecule has 0 radical (unpaired) electrons. The number of hydrogen-bond acceptors (Lipinski definition) is 5. The Bertz CT molecular complexity index is 515. The standard InChI is InChI=1S/C16H23N3OS/c1-2-13(10-11-17)8-9-16-18-15(19-20-16)12-21-14-6-4-3-5-7-14/h3-7,13H,2,8-12,17H2,1H3. The van der Waals surface area contributed by atoms with E-state index in [0.717, 1.165) is 49.7 Å². The fourth-order valence-electron chi connectivity index (χ4n) is 2.23. The summed E-state index contributed by atoms with van der Waals surface area (Å²) < 4.78 is 5.32. The minimum absolute atomic E-state index is 0.657. The van der Waals surface area contributed by atoms with Crippen LogP contribution in [0.25, 0.3) is 0 Å². The third-order valence-corrected chi connectivity index (χ3v) is 4.55. The number of rotatable bonds is 9. The van der Waals surface area contributed by atoms with Crippen LogP contribution >= 0.6 is 11.8 Å². The first-order valence-electron chi connectivity index (χ1n) is 7.51. The Hall–Kier alpha value is -1.33. The number of aromatic nitrogens is 2. The fourth-order valence-corrected chi connectivity index (χ4v) is 2.99. The molecule has 21 heavy (non-hydrogen) atoms. The van der Waals surface area contributed by atoms with Crippen molar-refractivity contribution < 1.29 is 4.52 Å². The molecule has 5 heteroatoms. The average Bonchev–Trinajstić information content (AvgIpc) is 2.98. The van der Waals surface area contributed by atoms with Crippen molar-refractivity contribution in [1.29, 1.82) is 0 Å². The Morgan fingerprint density at radius 1 is 1.24 bits per heavy atom. The summed E-state index contributed by atoms with van der Waals surface area (Å²) in [6.07, 6.45) is 4.14. The van der Waals surface area contributed by atoms with E-state index in [2.05, 4.69) is 29.2 Å². The quantitative estimate of drug-likeness (QED) is 0.716. The van der Waals surface area contributed by atoms with Crippen LogP contribution in [0.4, 0.5) is 0 Å². The van der Waals surface area contributed by atoms with E-state index >= 15 is 0 Å². The van der Waals surface area contributed by atoms with Crippen LogP contribution in [-0.2, 0) is 12.2 Å². The first kappa shape index (κ1) is 16.0. The molecule has 0 fully saturated rings. The summed E-state index contributed by atoms with van der Waals surface area (Å²) in [6.45, 7) is 2.96. The first-order valence-corrected chi connectivity index (χ1v) is 8.49. The number of hydrogen-bond donors (Lipinski definition) is 1. The Morgan fingerprint density at radius 2 is 2.05 bits per heavy atom. The van der Waals surface area contributed by atoms with Gasteiger partial charge >= 0.3 is 0 Å². The number of nitrogens with zero attached hydrogens (tertiary/aromatic N) is 2. The van der Waals surface area contributed by atoms with Gasteiger partial charge in [0.05, 0.1) is 5.75 Å². The van der Waals surface area contributed by atoms with E-state index in [0.29, 0.717) is 5.92 Å². The summed E-state index contributed by atoms with van der Waals surface area (Å²) in [7, 11) is 0.